The standard InChI is InChI=1S/C10H14O/c11-10-8-2-6(8)4-1-5(4)7-3-9(7)10/h4-11H,1-3H2/t4-,5-,6-,7+,8-,9-,10?/m0/s1. The minimum Gasteiger partial charge on any atom is -0.393 e. The van der Waals surface area contributed by atoms with Gasteiger partial charge in [0, 0.05) is 0 Å². The molecule has 11 heavy (non-hydrogen) atoms. The van der Waals surface area contributed by atoms with Gasteiger partial charge in [-0.15, -0.1) is 0 Å². The van der Waals surface area contributed by atoms with E-state index in [-0.39, 0.29) is 6.10 Å². The molecule has 0 aromatic rings. The van der Waals surface area contributed by atoms with Gasteiger partial charge in [-0.2, -0.15) is 0 Å². The van der Waals surface area contributed by atoms with Gasteiger partial charge in [0.25, 0.3) is 0 Å². The zero-order chi connectivity index (χ0) is 7.16. The van der Waals surface area contributed by atoms with Crippen molar-refractivity contribution >= 4 is 0 Å². The Labute approximate surface area is 66.8 Å². The third kappa shape index (κ3) is 0.547. The Morgan fingerprint density at radius 3 is 1.55 bits per heavy atom. The summed E-state index contributed by atoms with van der Waals surface area (Å²) in [6, 6.07) is 0. The Hall–Kier alpha value is -0.0400. The predicted molar refractivity (Wildman–Crippen MR) is 40.8 cm³/mol. The zero-order valence-electron chi connectivity index (χ0n) is 6.61. The van der Waals surface area contributed by atoms with E-state index in [1.807, 2.05) is 0 Å². The van der Waals surface area contributed by atoms with Gasteiger partial charge in [0.05, 0.1) is 6.10 Å². The molecule has 1 N–H and O–H groups in total. The van der Waals surface area contributed by atoms with Crippen LogP contribution in [-0.2, 0) is 0 Å². The molecule has 0 bridgehead atoms. The third-order valence-electron chi connectivity index (χ3n) is 4.65. The van der Waals surface area contributed by atoms with Gasteiger partial charge in [0.15, 0.2) is 0 Å². The minimum absolute atomic E-state index is 0.123. The molecule has 60 valence electrons. The second kappa shape index (κ2) is 1.39. The summed E-state index contributed by atoms with van der Waals surface area (Å²) in [6.45, 7) is 0. The first-order chi connectivity index (χ1) is 5.36. The van der Waals surface area contributed by atoms with E-state index in [1.165, 1.54) is 19.3 Å². The van der Waals surface area contributed by atoms with Crippen molar-refractivity contribution in [3.63, 3.8) is 0 Å². The van der Waals surface area contributed by atoms with Crippen LogP contribution in [0.4, 0.5) is 0 Å². The number of hydrogen-bond acceptors (Lipinski definition) is 1. The van der Waals surface area contributed by atoms with Crippen LogP contribution in [0.1, 0.15) is 19.3 Å². The highest BCUT2D eigenvalue weighted by Crippen LogP contribution is 2.72. The summed E-state index contributed by atoms with van der Waals surface area (Å²) in [5, 5.41) is 9.85. The molecule has 4 fully saturated rings. The lowest BCUT2D eigenvalue weighted by atomic mass is 10.1. The molecule has 0 aliphatic heterocycles. The smallest absolute Gasteiger partial charge is 0.0602 e. The first-order valence-electron chi connectivity index (χ1n) is 5.04. The Morgan fingerprint density at radius 2 is 1.00 bits per heavy atom. The fourth-order valence-electron chi connectivity index (χ4n) is 3.78. The van der Waals surface area contributed by atoms with Gasteiger partial charge in [-0.3, -0.25) is 0 Å². The Kier molecular flexibility index (Phi) is 0.706. The van der Waals surface area contributed by atoms with Crippen molar-refractivity contribution in [2.24, 2.45) is 35.5 Å². The fourth-order valence-corrected chi connectivity index (χ4v) is 3.78. The molecule has 4 aliphatic carbocycles. The molecule has 0 spiro atoms. The second-order valence-corrected chi connectivity index (χ2v) is 5.18. The van der Waals surface area contributed by atoms with Gasteiger partial charge >= 0.3 is 0 Å². The Bertz CT molecular complexity index is 199. The van der Waals surface area contributed by atoms with Crippen LogP contribution >= 0.6 is 0 Å². The van der Waals surface area contributed by atoms with Crippen LogP contribution in [0.2, 0.25) is 0 Å². The van der Waals surface area contributed by atoms with E-state index in [2.05, 4.69) is 0 Å². The fraction of sp³-hybridized carbons (Fsp3) is 1.00. The molecular weight excluding hydrogens is 136 g/mol. The quantitative estimate of drug-likeness (QED) is 0.551. The van der Waals surface area contributed by atoms with E-state index in [9.17, 15) is 5.11 Å². The lowest BCUT2D eigenvalue weighted by Crippen LogP contribution is -2.13. The molecule has 0 saturated heterocycles. The van der Waals surface area contributed by atoms with Crippen molar-refractivity contribution in [2.45, 2.75) is 25.4 Å². The lowest BCUT2D eigenvalue weighted by molar-refractivity contribution is 0.118. The van der Waals surface area contributed by atoms with Crippen LogP contribution in [0.5, 0.6) is 0 Å². The van der Waals surface area contributed by atoms with E-state index in [4.69, 9.17) is 0 Å². The maximum atomic E-state index is 9.85. The zero-order valence-corrected chi connectivity index (χ0v) is 6.61. The van der Waals surface area contributed by atoms with Crippen molar-refractivity contribution in [2.75, 3.05) is 0 Å². The topological polar surface area (TPSA) is 20.2 Å². The third-order valence-corrected chi connectivity index (χ3v) is 4.65. The van der Waals surface area contributed by atoms with E-state index >= 15 is 0 Å². The van der Waals surface area contributed by atoms with Gasteiger partial charge < -0.3 is 5.11 Å². The van der Waals surface area contributed by atoms with Crippen molar-refractivity contribution in [1.82, 2.24) is 0 Å². The van der Waals surface area contributed by atoms with E-state index in [0.29, 0.717) is 0 Å². The molecule has 0 heterocycles. The normalized spacial score (nSPS) is 75.5. The molecule has 1 unspecified atom stereocenters. The molecule has 4 saturated carbocycles. The van der Waals surface area contributed by atoms with Crippen molar-refractivity contribution < 1.29 is 5.11 Å². The summed E-state index contributed by atoms with van der Waals surface area (Å²) < 4.78 is 0. The number of aliphatic hydroxyl groups excluding tert-OH is 1. The molecule has 1 nitrogen and oxygen atoms in total. The summed E-state index contributed by atoms with van der Waals surface area (Å²) >= 11 is 0. The number of rotatable bonds is 0. The minimum atomic E-state index is 0.123. The summed E-state index contributed by atoms with van der Waals surface area (Å²) in [5.74, 6) is 5.61. The maximum Gasteiger partial charge on any atom is 0.0602 e. The molecule has 4 aliphatic rings. The van der Waals surface area contributed by atoms with Gasteiger partial charge in [0.2, 0.25) is 0 Å². The van der Waals surface area contributed by atoms with Crippen molar-refractivity contribution in [3.05, 3.63) is 0 Å². The number of aliphatic hydroxyl groups is 1. The summed E-state index contributed by atoms with van der Waals surface area (Å²) in [6.07, 6.45) is 4.38. The van der Waals surface area contributed by atoms with Crippen LogP contribution in [0.15, 0.2) is 0 Å². The summed E-state index contributed by atoms with van der Waals surface area (Å²) in [4.78, 5) is 0. The van der Waals surface area contributed by atoms with E-state index in [0.717, 1.165) is 35.5 Å². The monoisotopic (exact) mass is 150 g/mol. The Balaban J connectivity index is 1.72. The second-order valence-electron chi connectivity index (χ2n) is 5.18. The highest BCUT2D eigenvalue weighted by molar-refractivity contribution is 5.16. The molecule has 0 aromatic heterocycles. The van der Waals surface area contributed by atoms with Crippen molar-refractivity contribution in [1.29, 1.82) is 0 Å². The molecule has 0 radical (unpaired) electrons. The highest BCUT2D eigenvalue weighted by atomic mass is 16.3. The van der Waals surface area contributed by atoms with Gasteiger partial charge in [0.1, 0.15) is 0 Å². The first-order valence-corrected chi connectivity index (χ1v) is 5.04. The van der Waals surface area contributed by atoms with Gasteiger partial charge in [-0.25, -0.2) is 0 Å². The number of fused-ring (bicyclic) bond motifs is 5. The van der Waals surface area contributed by atoms with Gasteiger partial charge in [-0.1, -0.05) is 0 Å². The van der Waals surface area contributed by atoms with Crippen LogP contribution in [0.3, 0.4) is 0 Å². The average molecular weight is 150 g/mol. The predicted octanol–water partition coefficient (Wildman–Crippen LogP) is 1.27. The first kappa shape index (κ1) is 5.58. The van der Waals surface area contributed by atoms with Crippen LogP contribution in [0.25, 0.3) is 0 Å². The van der Waals surface area contributed by atoms with Crippen LogP contribution in [-0.4, -0.2) is 11.2 Å². The van der Waals surface area contributed by atoms with Gasteiger partial charge in [-0.05, 0) is 54.8 Å². The highest BCUT2D eigenvalue weighted by Gasteiger charge is 2.68. The molecule has 1 heteroatoms. The summed E-state index contributed by atoms with van der Waals surface area (Å²) in [7, 11) is 0. The van der Waals surface area contributed by atoms with Crippen LogP contribution in [0, 0.1) is 35.5 Å². The van der Waals surface area contributed by atoms with E-state index in [1.54, 1.807) is 0 Å². The largest absolute Gasteiger partial charge is 0.393 e. The lowest BCUT2D eigenvalue weighted by Gasteiger charge is -2.06. The molecule has 7 atom stereocenters. The maximum absolute atomic E-state index is 9.85. The van der Waals surface area contributed by atoms with Crippen LogP contribution < -0.4 is 0 Å². The van der Waals surface area contributed by atoms with E-state index < -0.39 is 0 Å². The Morgan fingerprint density at radius 1 is 0.636 bits per heavy atom. The average Bonchev–Trinajstić information content (AvgIpc) is 2.81. The summed E-state index contributed by atoms with van der Waals surface area (Å²) in [5.41, 5.74) is 0. The molecule has 0 amide bonds. The molecule has 0 aromatic carbocycles. The SMILES string of the molecule is OC1[C@H]2C[C@@H]2[C@H]2C[C@@H]2[C@@H]2C[C@H]12. The van der Waals surface area contributed by atoms with Crippen molar-refractivity contribution in [3.8, 4) is 0 Å². The number of hydrogen-bond donors (Lipinski definition) is 1. The molecule has 4 rings (SSSR count). The molecular formula is C10H14O.